The van der Waals surface area contributed by atoms with Gasteiger partial charge in [0.2, 0.25) is 11.8 Å². The molecule has 0 unspecified atom stereocenters. The van der Waals surface area contributed by atoms with Crippen LogP contribution in [-0.4, -0.2) is 24.4 Å². The first kappa shape index (κ1) is 16.3. The predicted octanol–water partition coefficient (Wildman–Crippen LogP) is 3.39. The van der Waals surface area contributed by atoms with Crippen molar-refractivity contribution in [2.24, 2.45) is 11.8 Å². The number of amides is 2. The van der Waals surface area contributed by atoms with Crippen molar-refractivity contribution in [1.29, 1.82) is 0 Å². The highest BCUT2D eigenvalue weighted by atomic mass is 35.5. The molecule has 1 aliphatic heterocycles. The van der Waals surface area contributed by atoms with Crippen molar-refractivity contribution in [2.45, 2.75) is 45.1 Å². The van der Waals surface area contributed by atoms with Crippen molar-refractivity contribution in [3.8, 4) is 0 Å². The van der Waals surface area contributed by atoms with Gasteiger partial charge in [0.05, 0.1) is 16.6 Å². The molecule has 0 radical (unpaired) electrons. The molecule has 4 nitrogen and oxygen atoms in total. The molecule has 1 saturated heterocycles. The Balaban J connectivity index is 1.61. The quantitative estimate of drug-likeness (QED) is 0.921. The van der Waals surface area contributed by atoms with Gasteiger partial charge in [-0.25, -0.2) is 0 Å². The highest BCUT2D eigenvalue weighted by Crippen LogP contribution is 2.31. The number of halogens is 1. The highest BCUT2D eigenvalue weighted by molar-refractivity contribution is 6.33. The average Bonchev–Trinajstić information content (AvgIpc) is 2.92. The summed E-state index contributed by atoms with van der Waals surface area (Å²) in [5.74, 6) is 0.452. The number of nitrogens with one attached hydrogen (secondary N) is 1. The SMILES string of the molecule is CC1CCC(NC(=O)[C@H]2CC(=O)N(c3ccccc3Cl)C2)CC1. The first-order chi connectivity index (χ1) is 11.0. The van der Waals surface area contributed by atoms with Crippen LogP contribution in [-0.2, 0) is 9.59 Å². The summed E-state index contributed by atoms with van der Waals surface area (Å²) < 4.78 is 0. The molecule has 1 aliphatic carbocycles. The normalized spacial score (nSPS) is 28.0. The van der Waals surface area contributed by atoms with E-state index in [0.717, 1.165) is 18.8 Å². The van der Waals surface area contributed by atoms with E-state index < -0.39 is 0 Å². The van der Waals surface area contributed by atoms with Crippen molar-refractivity contribution < 1.29 is 9.59 Å². The van der Waals surface area contributed by atoms with Crippen LogP contribution in [0.2, 0.25) is 5.02 Å². The van der Waals surface area contributed by atoms with E-state index in [-0.39, 0.29) is 30.2 Å². The zero-order valence-corrected chi connectivity index (χ0v) is 14.2. The number of anilines is 1. The van der Waals surface area contributed by atoms with E-state index in [4.69, 9.17) is 11.6 Å². The molecule has 0 bridgehead atoms. The lowest BCUT2D eigenvalue weighted by Crippen LogP contribution is -2.41. The van der Waals surface area contributed by atoms with Gasteiger partial charge in [-0.1, -0.05) is 30.7 Å². The van der Waals surface area contributed by atoms with Crippen LogP contribution in [0.1, 0.15) is 39.0 Å². The van der Waals surface area contributed by atoms with Crippen LogP contribution >= 0.6 is 11.6 Å². The average molecular weight is 335 g/mol. The Hall–Kier alpha value is -1.55. The summed E-state index contributed by atoms with van der Waals surface area (Å²) in [5.41, 5.74) is 0.695. The van der Waals surface area contributed by atoms with Gasteiger partial charge in [-0.05, 0) is 43.7 Å². The smallest absolute Gasteiger partial charge is 0.227 e. The zero-order chi connectivity index (χ0) is 16.4. The second-order valence-corrected chi connectivity index (χ2v) is 7.23. The third-order valence-electron chi connectivity index (χ3n) is 5.00. The van der Waals surface area contributed by atoms with Crippen molar-refractivity contribution >= 4 is 29.1 Å². The first-order valence-electron chi connectivity index (χ1n) is 8.40. The van der Waals surface area contributed by atoms with E-state index in [9.17, 15) is 9.59 Å². The predicted molar refractivity (Wildman–Crippen MR) is 91.5 cm³/mol. The van der Waals surface area contributed by atoms with Crippen LogP contribution in [0, 0.1) is 11.8 Å². The van der Waals surface area contributed by atoms with Gasteiger partial charge in [0.1, 0.15) is 0 Å². The summed E-state index contributed by atoms with van der Waals surface area (Å²) in [6, 6.07) is 7.54. The van der Waals surface area contributed by atoms with E-state index in [1.807, 2.05) is 18.2 Å². The topological polar surface area (TPSA) is 49.4 Å². The van der Waals surface area contributed by atoms with Gasteiger partial charge in [-0.3, -0.25) is 9.59 Å². The fourth-order valence-corrected chi connectivity index (χ4v) is 3.75. The molecular formula is C18H23ClN2O2. The van der Waals surface area contributed by atoms with E-state index in [0.29, 0.717) is 17.3 Å². The Morgan fingerprint density at radius 3 is 2.61 bits per heavy atom. The summed E-state index contributed by atoms with van der Waals surface area (Å²) in [6.07, 6.45) is 4.68. The number of hydrogen-bond acceptors (Lipinski definition) is 2. The summed E-state index contributed by atoms with van der Waals surface area (Å²) in [7, 11) is 0. The van der Waals surface area contributed by atoms with Gasteiger partial charge in [0, 0.05) is 19.0 Å². The number of carbonyl (C=O) groups is 2. The molecule has 1 atom stereocenters. The molecule has 2 amide bonds. The number of hydrogen-bond donors (Lipinski definition) is 1. The Bertz CT molecular complexity index is 596. The van der Waals surface area contributed by atoms with Crippen molar-refractivity contribution in [3.63, 3.8) is 0 Å². The summed E-state index contributed by atoms with van der Waals surface area (Å²) in [5, 5.41) is 3.68. The number of carbonyl (C=O) groups excluding carboxylic acids is 2. The summed E-state index contributed by atoms with van der Waals surface area (Å²) in [4.78, 5) is 26.4. The number of benzene rings is 1. The molecule has 2 fully saturated rings. The standard InChI is InChI=1S/C18H23ClN2O2/c1-12-6-8-14(9-7-12)20-18(23)13-10-17(22)21(11-13)16-5-3-2-4-15(16)19/h2-5,12-14H,6-11H2,1H3,(H,20,23)/t12?,13-,14?/m0/s1. The second-order valence-electron chi connectivity index (χ2n) is 6.82. The lowest BCUT2D eigenvalue weighted by molar-refractivity contribution is -0.127. The Labute approximate surface area is 142 Å². The Morgan fingerprint density at radius 1 is 1.22 bits per heavy atom. The largest absolute Gasteiger partial charge is 0.353 e. The number of para-hydroxylation sites is 1. The summed E-state index contributed by atoms with van der Waals surface area (Å²) >= 11 is 6.17. The maximum Gasteiger partial charge on any atom is 0.227 e. The van der Waals surface area contributed by atoms with E-state index >= 15 is 0 Å². The molecule has 1 aromatic rings. The molecular weight excluding hydrogens is 312 g/mol. The van der Waals surface area contributed by atoms with Crippen LogP contribution in [0.5, 0.6) is 0 Å². The van der Waals surface area contributed by atoms with Crippen LogP contribution in [0.15, 0.2) is 24.3 Å². The lowest BCUT2D eigenvalue weighted by atomic mass is 9.87. The second kappa shape index (κ2) is 6.91. The maximum absolute atomic E-state index is 12.5. The van der Waals surface area contributed by atoms with Gasteiger partial charge in [-0.15, -0.1) is 0 Å². The minimum atomic E-state index is -0.280. The van der Waals surface area contributed by atoms with Gasteiger partial charge in [0.15, 0.2) is 0 Å². The maximum atomic E-state index is 12.5. The summed E-state index contributed by atoms with van der Waals surface area (Å²) in [6.45, 7) is 2.67. The minimum Gasteiger partial charge on any atom is -0.353 e. The molecule has 1 heterocycles. The van der Waals surface area contributed by atoms with Crippen LogP contribution in [0.4, 0.5) is 5.69 Å². The molecule has 0 aromatic heterocycles. The molecule has 0 spiro atoms. The molecule has 3 rings (SSSR count). The van der Waals surface area contributed by atoms with Crippen molar-refractivity contribution in [1.82, 2.24) is 5.32 Å². The monoisotopic (exact) mass is 334 g/mol. The first-order valence-corrected chi connectivity index (χ1v) is 8.77. The zero-order valence-electron chi connectivity index (χ0n) is 13.4. The molecule has 2 aliphatic rings. The third-order valence-corrected chi connectivity index (χ3v) is 5.32. The number of nitrogens with zero attached hydrogens (tertiary/aromatic N) is 1. The molecule has 1 aromatic carbocycles. The lowest BCUT2D eigenvalue weighted by Gasteiger charge is -2.27. The van der Waals surface area contributed by atoms with Crippen LogP contribution in [0.3, 0.4) is 0 Å². The van der Waals surface area contributed by atoms with Gasteiger partial charge in [0.25, 0.3) is 0 Å². The fraction of sp³-hybridized carbons (Fsp3) is 0.556. The van der Waals surface area contributed by atoms with Gasteiger partial charge < -0.3 is 10.2 Å². The van der Waals surface area contributed by atoms with Crippen LogP contribution < -0.4 is 10.2 Å². The molecule has 23 heavy (non-hydrogen) atoms. The van der Waals surface area contributed by atoms with E-state index in [2.05, 4.69) is 12.2 Å². The van der Waals surface area contributed by atoms with Gasteiger partial charge in [-0.2, -0.15) is 0 Å². The molecule has 5 heteroatoms. The van der Waals surface area contributed by atoms with E-state index in [1.165, 1.54) is 12.8 Å². The fourth-order valence-electron chi connectivity index (χ4n) is 3.51. The number of rotatable bonds is 3. The van der Waals surface area contributed by atoms with Gasteiger partial charge >= 0.3 is 0 Å². The van der Waals surface area contributed by atoms with Crippen molar-refractivity contribution in [2.75, 3.05) is 11.4 Å². The molecule has 124 valence electrons. The molecule has 1 N–H and O–H groups in total. The van der Waals surface area contributed by atoms with E-state index in [1.54, 1.807) is 11.0 Å². The molecule has 1 saturated carbocycles. The van der Waals surface area contributed by atoms with Crippen LogP contribution in [0.25, 0.3) is 0 Å². The minimum absolute atomic E-state index is 0.00690. The van der Waals surface area contributed by atoms with Crippen molar-refractivity contribution in [3.05, 3.63) is 29.3 Å². The Morgan fingerprint density at radius 2 is 1.91 bits per heavy atom. The Kier molecular flexibility index (Phi) is 4.90. The highest BCUT2D eigenvalue weighted by Gasteiger charge is 2.36. The third kappa shape index (κ3) is 3.69.